The molecule has 1 aromatic rings. The second-order valence-corrected chi connectivity index (χ2v) is 6.40. The maximum Gasteiger partial charge on any atom is 0.278 e. The van der Waals surface area contributed by atoms with Gasteiger partial charge >= 0.3 is 0 Å². The summed E-state index contributed by atoms with van der Waals surface area (Å²) >= 11 is 0. The second kappa shape index (κ2) is 5.26. The molecule has 0 radical (unpaired) electrons. The van der Waals surface area contributed by atoms with Crippen molar-refractivity contribution in [3.63, 3.8) is 0 Å². The van der Waals surface area contributed by atoms with E-state index in [2.05, 4.69) is 15.5 Å². The molecular weight excluding hydrogens is 268 g/mol. The number of nitrogens with one attached hydrogen (secondary N) is 2. The lowest BCUT2D eigenvalue weighted by Gasteiger charge is -2.31. The predicted molar refractivity (Wildman–Crippen MR) is 77.9 cm³/mol. The van der Waals surface area contributed by atoms with Gasteiger partial charge in [-0.3, -0.25) is 19.6 Å². The molecule has 0 bridgehead atoms. The Labute approximate surface area is 124 Å². The van der Waals surface area contributed by atoms with E-state index in [1.165, 1.54) is 4.90 Å². The maximum atomic E-state index is 12.7. The van der Waals surface area contributed by atoms with Gasteiger partial charge in [-0.1, -0.05) is 13.8 Å². The van der Waals surface area contributed by atoms with Gasteiger partial charge in [0.1, 0.15) is 5.69 Å². The molecule has 2 fully saturated rings. The second-order valence-electron chi connectivity index (χ2n) is 6.40. The van der Waals surface area contributed by atoms with Gasteiger partial charge in [0.2, 0.25) is 5.91 Å². The first-order valence-corrected chi connectivity index (χ1v) is 7.66. The molecule has 0 saturated carbocycles. The monoisotopic (exact) mass is 290 g/mol. The first-order valence-electron chi connectivity index (χ1n) is 7.66. The largest absolute Gasteiger partial charge is 0.317 e. The van der Waals surface area contributed by atoms with Crippen LogP contribution in [0.4, 0.5) is 0 Å². The Hall–Kier alpha value is -1.69. The minimum Gasteiger partial charge on any atom is -0.317 e. The fraction of sp³-hybridized carbons (Fsp3) is 0.667. The summed E-state index contributed by atoms with van der Waals surface area (Å²) in [6, 6.07) is 1.76. The number of likely N-dealkylation sites (tertiary alicyclic amines) is 1. The van der Waals surface area contributed by atoms with Gasteiger partial charge < -0.3 is 5.32 Å². The van der Waals surface area contributed by atoms with Crippen molar-refractivity contribution in [3.8, 4) is 0 Å². The van der Waals surface area contributed by atoms with Crippen LogP contribution in [-0.2, 0) is 4.79 Å². The summed E-state index contributed by atoms with van der Waals surface area (Å²) in [5.41, 5.74) is 0.946. The van der Waals surface area contributed by atoms with E-state index >= 15 is 0 Å². The average molecular weight is 290 g/mol. The molecule has 6 nitrogen and oxygen atoms in total. The number of carbonyl (C=O) groups is 2. The fourth-order valence-electron chi connectivity index (χ4n) is 3.27. The van der Waals surface area contributed by atoms with Crippen LogP contribution in [0.25, 0.3) is 0 Å². The van der Waals surface area contributed by atoms with Crippen molar-refractivity contribution in [2.45, 2.75) is 39.0 Å². The first kappa shape index (κ1) is 14.3. The molecule has 0 aromatic carbocycles. The van der Waals surface area contributed by atoms with E-state index < -0.39 is 0 Å². The van der Waals surface area contributed by atoms with Crippen LogP contribution >= 0.6 is 0 Å². The topological polar surface area (TPSA) is 78.1 Å². The number of piperidine rings is 1. The van der Waals surface area contributed by atoms with Crippen LogP contribution in [0.2, 0.25) is 0 Å². The number of imide groups is 1. The highest BCUT2D eigenvalue weighted by molar-refractivity contribution is 6.06. The molecule has 1 spiro atoms. The SMILES string of the molecule is CC(C)c1cc(C(=O)N2CCC3(CCNCC3)C2=O)[nH]n1. The summed E-state index contributed by atoms with van der Waals surface area (Å²) in [4.78, 5) is 26.6. The first-order chi connectivity index (χ1) is 10.0. The molecule has 2 aliphatic heterocycles. The third kappa shape index (κ3) is 2.37. The molecular formula is C15H22N4O2. The molecule has 1 aromatic heterocycles. The molecule has 3 heterocycles. The fourth-order valence-corrected chi connectivity index (χ4v) is 3.27. The zero-order valence-electron chi connectivity index (χ0n) is 12.6. The van der Waals surface area contributed by atoms with Crippen LogP contribution in [0.3, 0.4) is 0 Å². The quantitative estimate of drug-likeness (QED) is 0.804. The highest BCUT2D eigenvalue weighted by atomic mass is 16.2. The molecule has 0 atom stereocenters. The van der Waals surface area contributed by atoms with E-state index in [9.17, 15) is 9.59 Å². The van der Waals surface area contributed by atoms with Gasteiger partial charge in [-0.25, -0.2) is 0 Å². The third-order valence-electron chi connectivity index (χ3n) is 4.74. The molecule has 2 N–H and O–H groups in total. The van der Waals surface area contributed by atoms with Gasteiger partial charge in [-0.05, 0) is 44.3 Å². The van der Waals surface area contributed by atoms with Crippen molar-refractivity contribution >= 4 is 11.8 Å². The van der Waals surface area contributed by atoms with Gasteiger partial charge in [0.25, 0.3) is 5.91 Å². The molecule has 114 valence electrons. The molecule has 2 aliphatic rings. The highest BCUT2D eigenvalue weighted by Gasteiger charge is 2.49. The van der Waals surface area contributed by atoms with Crippen LogP contribution in [0.5, 0.6) is 0 Å². The van der Waals surface area contributed by atoms with Crippen LogP contribution in [-0.4, -0.2) is 46.5 Å². The van der Waals surface area contributed by atoms with Crippen molar-refractivity contribution in [2.75, 3.05) is 19.6 Å². The number of aromatic nitrogens is 2. The van der Waals surface area contributed by atoms with Gasteiger partial charge in [0.15, 0.2) is 0 Å². The van der Waals surface area contributed by atoms with Crippen LogP contribution in [0.15, 0.2) is 6.07 Å². The lowest BCUT2D eigenvalue weighted by molar-refractivity contribution is -0.135. The van der Waals surface area contributed by atoms with Gasteiger partial charge in [0.05, 0.1) is 11.1 Å². The predicted octanol–water partition coefficient (Wildman–Crippen LogP) is 1.28. The van der Waals surface area contributed by atoms with Crippen LogP contribution in [0, 0.1) is 5.41 Å². The van der Waals surface area contributed by atoms with E-state index in [0.717, 1.165) is 38.0 Å². The number of rotatable bonds is 2. The van der Waals surface area contributed by atoms with E-state index in [0.29, 0.717) is 12.2 Å². The Kier molecular flexibility index (Phi) is 3.57. The van der Waals surface area contributed by atoms with Gasteiger partial charge in [-0.2, -0.15) is 5.10 Å². The number of hydrogen-bond acceptors (Lipinski definition) is 4. The van der Waals surface area contributed by atoms with Crippen molar-refractivity contribution in [1.29, 1.82) is 0 Å². The Morgan fingerprint density at radius 3 is 2.67 bits per heavy atom. The number of hydrogen-bond donors (Lipinski definition) is 2. The standard InChI is InChI=1S/C15H22N4O2/c1-10(2)11-9-12(18-17-11)13(20)19-8-5-15(14(19)21)3-6-16-7-4-15/h9-10,16H,3-8H2,1-2H3,(H,17,18). The normalized spacial score (nSPS) is 21.5. The highest BCUT2D eigenvalue weighted by Crippen LogP contribution is 2.40. The van der Waals surface area contributed by atoms with E-state index in [1.54, 1.807) is 6.07 Å². The Balaban J connectivity index is 1.77. The number of aromatic amines is 1. The molecule has 2 amide bonds. The lowest BCUT2D eigenvalue weighted by atomic mass is 9.78. The number of nitrogens with zero attached hydrogens (tertiary/aromatic N) is 2. The van der Waals surface area contributed by atoms with Gasteiger partial charge in [-0.15, -0.1) is 0 Å². The van der Waals surface area contributed by atoms with Crippen LogP contribution < -0.4 is 5.32 Å². The molecule has 21 heavy (non-hydrogen) atoms. The zero-order valence-corrected chi connectivity index (χ0v) is 12.6. The summed E-state index contributed by atoms with van der Waals surface area (Å²) in [6.07, 6.45) is 2.44. The summed E-state index contributed by atoms with van der Waals surface area (Å²) in [5.74, 6) is 0.0114. The molecule has 0 aliphatic carbocycles. The average Bonchev–Trinajstić information content (AvgIpc) is 3.07. The summed E-state index contributed by atoms with van der Waals surface area (Å²) < 4.78 is 0. The summed E-state index contributed by atoms with van der Waals surface area (Å²) in [6.45, 7) is 6.28. The Morgan fingerprint density at radius 1 is 1.33 bits per heavy atom. The minimum absolute atomic E-state index is 0.00491. The third-order valence-corrected chi connectivity index (χ3v) is 4.74. The number of H-pyrrole nitrogens is 1. The summed E-state index contributed by atoms with van der Waals surface area (Å²) in [7, 11) is 0. The molecule has 0 unspecified atom stereocenters. The molecule has 3 rings (SSSR count). The summed E-state index contributed by atoms with van der Waals surface area (Å²) in [5, 5.41) is 10.2. The smallest absolute Gasteiger partial charge is 0.278 e. The lowest BCUT2D eigenvalue weighted by Crippen LogP contribution is -2.44. The van der Waals surface area contributed by atoms with E-state index in [1.807, 2.05) is 13.8 Å². The van der Waals surface area contributed by atoms with Crippen LogP contribution in [0.1, 0.15) is 55.2 Å². The van der Waals surface area contributed by atoms with Crippen molar-refractivity contribution in [2.24, 2.45) is 5.41 Å². The molecule has 6 heteroatoms. The van der Waals surface area contributed by atoms with Crippen molar-refractivity contribution in [3.05, 3.63) is 17.5 Å². The van der Waals surface area contributed by atoms with Crippen molar-refractivity contribution < 1.29 is 9.59 Å². The Bertz CT molecular complexity index is 558. The van der Waals surface area contributed by atoms with Gasteiger partial charge in [0, 0.05) is 6.54 Å². The Morgan fingerprint density at radius 2 is 2.05 bits per heavy atom. The van der Waals surface area contributed by atoms with Crippen molar-refractivity contribution in [1.82, 2.24) is 20.4 Å². The minimum atomic E-state index is -0.318. The number of amides is 2. The van der Waals surface area contributed by atoms with E-state index in [4.69, 9.17) is 0 Å². The molecule has 2 saturated heterocycles. The zero-order chi connectivity index (χ0) is 15.0. The number of carbonyl (C=O) groups excluding carboxylic acids is 2. The maximum absolute atomic E-state index is 12.7. The van der Waals surface area contributed by atoms with E-state index in [-0.39, 0.29) is 23.1 Å².